The predicted octanol–water partition coefficient (Wildman–Crippen LogP) is -0.663. The molecule has 8 heteroatoms. The van der Waals surface area contributed by atoms with Gasteiger partial charge in [0.2, 0.25) is 0 Å². The largest absolute Gasteiger partial charge is 0.772 e. The van der Waals surface area contributed by atoms with Crippen LogP contribution in [0.15, 0.2) is 0 Å². The van der Waals surface area contributed by atoms with Gasteiger partial charge in [-0.05, 0) is 11.1 Å². The van der Waals surface area contributed by atoms with Crippen LogP contribution in [0.3, 0.4) is 0 Å². The molecule has 0 fully saturated rings. The van der Waals surface area contributed by atoms with Crippen LogP contribution in [0.4, 0.5) is 8.78 Å². The zero-order valence-electron chi connectivity index (χ0n) is 4.41. The van der Waals surface area contributed by atoms with Crippen LogP contribution < -0.4 is 0 Å². The van der Waals surface area contributed by atoms with E-state index in [0.717, 1.165) is 0 Å². The van der Waals surface area contributed by atoms with Gasteiger partial charge in [0.25, 0.3) is 0 Å². The van der Waals surface area contributed by atoms with Gasteiger partial charge in [0.15, 0.2) is 0 Å². The predicted molar refractivity (Wildman–Crippen MR) is 27.7 cm³/mol. The van der Waals surface area contributed by atoms with Crippen molar-refractivity contribution < 1.29 is 26.3 Å². The van der Waals surface area contributed by atoms with E-state index < -0.39 is 33.2 Å². The minimum atomic E-state index is -4.17. The summed E-state index contributed by atoms with van der Waals surface area (Å²) in [4.78, 5) is 0. The summed E-state index contributed by atoms with van der Waals surface area (Å²) >= 11 is -6.72. The minimum absolute atomic E-state index is 1.69. The molecule has 0 aromatic rings. The van der Waals surface area contributed by atoms with Crippen molar-refractivity contribution in [1.29, 1.82) is 0 Å². The van der Waals surface area contributed by atoms with E-state index in [0.29, 0.717) is 0 Å². The lowest BCUT2D eigenvalue weighted by Crippen LogP contribution is -2.29. The van der Waals surface area contributed by atoms with Crippen molar-refractivity contribution in [3.8, 4) is 0 Å². The lowest BCUT2D eigenvalue weighted by molar-refractivity contribution is 0.113. The monoisotopic (exact) mass is 192 g/mol. The Labute approximate surface area is 60.2 Å². The van der Waals surface area contributed by atoms with Crippen molar-refractivity contribution in [2.24, 2.45) is 0 Å². The Balaban J connectivity index is 4.13. The van der Waals surface area contributed by atoms with Crippen LogP contribution in [0, 0.1) is 0 Å². The summed E-state index contributed by atoms with van der Waals surface area (Å²) in [5.41, 5.74) is 0. The van der Waals surface area contributed by atoms with Gasteiger partial charge in [-0.25, -0.2) is 0 Å². The lowest BCUT2D eigenvalue weighted by atomic mass is 10.8. The van der Waals surface area contributed by atoms with Crippen molar-refractivity contribution in [1.82, 2.24) is 0 Å². The molecule has 0 aromatic carbocycles. The van der Waals surface area contributed by atoms with Gasteiger partial charge in [-0.3, -0.25) is 8.42 Å². The van der Waals surface area contributed by atoms with Gasteiger partial charge in [0.1, 0.15) is 0 Å². The zero-order valence-corrected chi connectivity index (χ0v) is 6.05. The third kappa shape index (κ3) is 3.30. The van der Waals surface area contributed by atoms with E-state index in [9.17, 15) is 26.3 Å². The van der Waals surface area contributed by atoms with E-state index in [1.54, 1.807) is 0 Å². The van der Waals surface area contributed by atoms with Gasteiger partial charge in [-0.2, -0.15) is 8.78 Å². The van der Waals surface area contributed by atoms with Crippen LogP contribution in [0.1, 0.15) is 0 Å². The molecule has 0 aliphatic rings. The van der Waals surface area contributed by atoms with E-state index in [1.807, 2.05) is 0 Å². The smallest absolute Gasteiger partial charge is 0.319 e. The Morgan fingerprint density at radius 1 is 1.30 bits per heavy atom. The van der Waals surface area contributed by atoms with Crippen molar-refractivity contribution in [2.75, 3.05) is 5.75 Å². The van der Waals surface area contributed by atoms with Crippen LogP contribution in [-0.4, -0.2) is 28.5 Å². The summed E-state index contributed by atoms with van der Waals surface area (Å²) in [6, 6.07) is 0. The van der Waals surface area contributed by atoms with Crippen LogP contribution in [0.5, 0.6) is 0 Å². The second kappa shape index (κ2) is 3.46. The maximum absolute atomic E-state index is 11.8. The number of rotatable bonds is 3. The minimum Gasteiger partial charge on any atom is -0.772 e. The highest BCUT2D eigenvalue weighted by molar-refractivity contribution is 7.83. The number of halogens is 2. The van der Waals surface area contributed by atoms with Crippen molar-refractivity contribution in [2.45, 2.75) is 5.25 Å². The fraction of sp³-hybridized carbons (Fsp3) is 1.00. The molecule has 0 spiro atoms. The number of alkyl halides is 2. The van der Waals surface area contributed by atoms with Gasteiger partial charge in [0, 0.05) is 11.1 Å². The van der Waals surface area contributed by atoms with Crippen LogP contribution in [0.25, 0.3) is 0 Å². The molecule has 2 unspecified atom stereocenters. The number of hydrogen-bond donors (Lipinski definition) is 0. The molecule has 0 rings (SSSR count). The highest BCUT2D eigenvalue weighted by atomic mass is 32.2. The van der Waals surface area contributed by atoms with Gasteiger partial charge in [-0.15, -0.1) is 0 Å². The molecule has 62 valence electrons. The SMILES string of the molecule is O=S([O-])CC(F)(F)S(=O)[O-]. The van der Waals surface area contributed by atoms with Gasteiger partial charge in [0.05, 0.1) is 5.75 Å². The lowest BCUT2D eigenvalue weighted by Gasteiger charge is -2.19. The van der Waals surface area contributed by atoms with E-state index in [1.165, 1.54) is 0 Å². The van der Waals surface area contributed by atoms with E-state index in [4.69, 9.17) is 0 Å². The van der Waals surface area contributed by atoms with E-state index >= 15 is 0 Å². The first kappa shape index (κ1) is 10.1. The first-order valence-corrected chi connectivity index (χ1v) is 4.21. The summed E-state index contributed by atoms with van der Waals surface area (Å²) in [7, 11) is 0. The molecule has 0 aromatic heterocycles. The van der Waals surface area contributed by atoms with Gasteiger partial charge < -0.3 is 9.11 Å². The molecule has 4 nitrogen and oxygen atoms in total. The first-order chi connectivity index (χ1) is 4.36. The van der Waals surface area contributed by atoms with E-state index in [-0.39, 0.29) is 0 Å². The third-order valence-electron chi connectivity index (χ3n) is 0.530. The molecular weight excluding hydrogens is 190 g/mol. The molecule has 0 aliphatic heterocycles. The molecule has 0 heterocycles. The van der Waals surface area contributed by atoms with Crippen molar-refractivity contribution in [3.05, 3.63) is 0 Å². The summed E-state index contributed by atoms with van der Waals surface area (Å²) in [5, 5.41) is -4.17. The summed E-state index contributed by atoms with van der Waals surface area (Å²) in [5.74, 6) is -1.69. The standard InChI is InChI=1S/C2H4F2O4S2/c3-2(4,10(7)8)1-9(5)6/h1H2,(H,5,6)(H,7,8)/p-2. The third-order valence-corrected chi connectivity index (χ3v) is 1.94. The molecule has 2 atom stereocenters. The Hall–Kier alpha value is 0.0800. The van der Waals surface area contributed by atoms with Crippen LogP contribution in [0.2, 0.25) is 0 Å². The summed E-state index contributed by atoms with van der Waals surface area (Å²) in [6.45, 7) is 0. The second-order valence-corrected chi connectivity index (χ2v) is 3.28. The first-order valence-electron chi connectivity index (χ1n) is 1.89. The van der Waals surface area contributed by atoms with Crippen molar-refractivity contribution in [3.63, 3.8) is 0 Å². The molecular formula is C2H2F2O4S2-2. The fourth-order valence-electron chi connectivity index (χ4n) is 0.185. The Morgan fingerprint density at radius 3 is 1.80 bits per heavy atom. The summed E-state index contributed by atoms with van der Waals surface area (Å²) in [6.07, 6.45) is 0. The highest BCUT2D eigenvalue weighted by Gasteiger charge is 2.30. The quantitative estimate of drug-likeness (QED) is 0.556. The van der Waals surface area contributed by atoms with Crippen LogP contribution in [-0.2, 0) is 22.2 Å². The normalized spacial score (nSPS) is 18.4. The zero-order chi connectivity index (χ0) is 8.36. The maximum atomic E-state index is 11.8. The summed E-state index contributed by atoms with van der Waals surface area (Å²) < 4.78 is 61.8. The molecule has 0 saturated carbocycles. The van der Waals surface area contributed by atoms with Gasteiger partial charge >= 0.3 is 5.25 Å². The molecule has 0 radical (unpaired) electrons. The molecule has 0 saturated heterocycles. The molecule has 0 aliphatic carbocycles. The topological polar surface area (TPSA) is 80.3 Å². The Morgan fingerprint density at radius 2 is 1.70 bits per heavy atom. The number of hydrogen-bond acceptors (Lipinski definition) is 4. The average molecular weight is 192 g/mol. The molecule has 0 amide bonds. The second-order valence-electron chi connectivity index (χ2n) is 1.32. The average Bonchev–Trinajstić information content (AvgIpc) is 1.60. The highest BCUT2D eigenvalue weighted by Crippen LogP contribution is 2.17. The van der Waals surface area contributed by atoms with Crippen molar-refractivity contribution >= 4 is 22.2 Å². The maximum Gasteiger partial charge on any atom is 0.319 e. The molecule has 0 N–H and O–H groups in total. The molecule has 0 bridgehead atoms. The fourth-order valence-corrected chi connectivity index (χ4v) is 1.13. The van der Waals surface area contributed by atoms with Gasteiger partial charge in [-0.1, -0.05) is 0 Å². The Kier molecular flexibility index (Phi) is 3.49. The van der Waals surface area contributed by atoms with E-state index in [2.05, 4.69) is 0 Å². The molecule has 10 heavy (non-hydrogen) atoms. The van der Waals surface area contributed by atoms with Crippen LogP contribution >= 0.6 is 0 Å². The Bertz CT molecular complexity index is 169.